The van der Waals surface area contributed by atoms with E-state index in [9.17, 15) is 9.59 Å². The molecular weight excluding hydrogens is 464 g/mol. The summed E-state index contributed by atoms with van der Waals surface area (Å²) >= 11 is 12.7. The fourth-order valence-electron chi connectivity index (χ4n) is 0.580. The van der Waals surface area contributed by atoms with Crippen LogP contribution in [0.4, 0.5) is 0 Å². The maximum atomic E-state index is 11.2. The summed E-state index contributed by atoms with van der Waals surface area (Å²) in [6, 6.07) is 0. The van der Waals surface area contributed by atoms with E-state index in [0.29, 0.717) is 10.7 Å². The number of rotatable bonds is 6. The predicted molar refractivity (Wildman–Crippen MR) is 74.2 cm³/mol. The lowest BCUT2D eigenvalue weighted by atomic mass is 10.4. The van der Waals surface area contributed by atoms with Gasteiger partial charge in [0.1, 0.15) is 9.65 Å². The molecule has 0 aromatic rings. The number of hydrogen-bond donors (Lipinski definition) is 2. The van der Waals surface area contributed by atoms with Crippen LogP contribution in [-0.4, -0.2) is 38.8 Å². The minimum Gasteiger partial charge on any atom is -0.338 e. The van der Waals surface area contributed by atoms with Crippen LogP contribution in [0.1, 0.15) is 0 Å². The topological polar surface area (TPSA) is 58.2 Å². The van der Waals surface area contributed by atoms with Crippen molar-refractivity contribution >= 4 is 75.5 Å². The summed E-state index contributed by atoms with van der Waals surface area (Å²) in [5.41, 5.74) is 0. The molecule has 0 saturated carbocycles. The number of nitrogens with one attached hydrogen (secondary N) is 2. The van der Waals surface area contributed by atoms with Crippen molar-refractivity contribution in [2.24, 2.45) is 0 Å². The standard InChI is InChI=1S/C7H10Br4N2O2/c8-1-4(10)6(14)12-3-13-7(15)5(11)2-9/h4-5H,1-3H2,(H,12,14)(H,13,15). The first kappa shape index (κ1) is 15.9. The van der Waals surface area contributed by atoms with Crippen LogP contribution in [0.25, 0.3) is 0 Å². The Morgan fingerprint density at radius 2 is 1.27 bits per heavy atom. The average molecular weight is 474 g/mol. The van der Waals surface area contributed by atoms with E-state index in [2.05, 4.69) is 74.4 Å². The third-order valence-corrected chi connectivity index (χ3v) is 5.88. The van der Waals surface area contributed by atoms with Crippen molar-refractivity contribution in [1.29, 1.82) is 0 Å². The molecule has 0 aliphatic heterocycles. The van der Waals surface area contributed by atoms with Gasteiger partial charge in [0, 0.05) is 10.7 Å². The third kappa shape index (κ3) is 6.91. The fourth-order valence-corrected chi connectivity index (χ4v) is 1.49. The van der Waals surface area contributed by atoms with E-state index in [0.717, 1.165) is 0 Å². The van der Waals surface area contributed by atoms with Crippen LogP contribution in [-0.2, 0) is 9.59 Å². The van der Waals surface area contributed by atoms with Crippen LogP contribution in [0, 0.1) is 0 Å². The van der Waals surface area contributed by atoms with Gasteiger partial charge < -0.3 is 10.6 Å². The van der Waals surface area contributed by atoms with Crippen LogP contribution in [0.5, 0.6) is 0 Å². The van der Waals surface area contributed by atoms with Gasteiger partial charge in [0.05, 0.1) is 6.67 Å². The molecule has 0 radical (unpaired) electrons. The number of halogens is 4. The van der Waals surface area contributed by atoms with E-state index in [1.807, 2.05) is 0 Å². The molecule has 0 aliphatic carbocycles. The van der Waals surface area contributed by atoms with Crippen molar-refractivity contribution in [3.63, 3.8) is 0 Å². The molecule has 0 fully saturated rings. The molecule has 0 aromatic carbocycles. The highest BCUT2D eigenvalue weighted by Crippen LogP contribution is 2.03. The molecule has 8 heteroatoms. The monoisotopic (exact) mass is 470 g/mol. The van der Waals surface area contributed by atoms with E-state index < -0.39 is 0 Å². The van der Waals surface area contributed by atoms with Crippen molar-refractivity contribution in [2.45, 2.75) is 9.65 Å². The zero-order chi connectivity index (χ0) is 11.8. The summed E-state index contributed by atoms with van der Waals surface area (Å²) in [5, 5.41) is 6.16. The molecule has 15 heavy (non-hydrogen) atoms. The van der Waals surface area contributed by atoms with Gasteiger partial charge >= 0.3 is 0 Å². The van der Waals surface area contributed by atoms with Crippen LogP contribution in [0.3, 0.4) is 0 Å². The van der Waals surface area contributed by atoms with E-state index in [1.54, 1.807) is 0 Å². The predicted octanol–water partition coefficient (Wildman–Crippen LogP) is 1.49. The largest absolute Gasteiger partial charge is 0.338 e. The smallest absolute Gasteiger partial charge is 0.236 e. The van der Waals surface area contributed by atoms with Gasteiger partial charge in [-0.3, -0.25) is 9.59 Å². The van der Waals surface area contributed by atoms with Crippen molar-refractivity contribution in [1.82, 2.24) is 10.6 Å². The number of alkyl halides is 4. The van der Waals surface area contributed by atoms with E-state index in [4.69, 9.17) is 0 Å². The van der Waals surface area contributed by atoms with Gasteiger partial charge in [0.2, 0.25) is 11.8 Å². The Morgan fingerprint density at radius 3 is 1.53 bits per heavy atom. The Morgan fingerprint density at radius 1 is 0.933 bits per heavy atom. The van der Waals surface area contributed by atoms with E-state index in [1.165, 1.54) is 0 Å². The summed E-state index contributed by atoms with van der Waals surface area (Å²) in [7, 11) is 0. The first-order valence-electron chi connectivity index (χ1n) is 3.98. The Labute approximate surface area is 122 Å². The number of hydrogen-bond acceptors (Lipinski definition) is 2. The highest BCUT2D eigenvalue weighted by atomic mass is 79.9. The highest BCUT2D eigenvalue weighted by Gasteiger charge is 2.14. The SMILES string of the molecule is O=C(NCNC(=O)C(Br)CBr)C(Br)CBr. The molecule has 0 aromatic heterocycles. The molecular formula is C7H10Br4N2O2. The number of amides is 2. The molecule has 2 atom stereocenters. The minimum absolute atomic E-state index is 0.127. The van der Waals surface area contributed by atoms with Crippen molar-refractivity contribution < 1.29 is 9.59 Å². The second-order valence-electron chi connectivity index (χ2n) is 2.50. The van der Waals surface area contributed by atoms with Crippen LogP contribution >= 0.6 is 63.7 Å². The zero-order valence-corrected chi connectivity index (χ0v) is 13.9. The summed E-state index contributed by atoms with van der Waals surface area (Å²) in [4.78, 5) is 21.9. The van der Waals surface area contributed by atoms with E-state index in [-0.39, 0.29) is 28.1 Å². The van der Waals surface area contributed by atoms with Gasteiger partial charge in [-0.15, -0.1) is 0 Å². The third-order valence-electron chi connectivity index (χ3n) is 1.37. The Hall–Kier alpha value is 0.860. The van der Waals surface area contributed by atoms with Crippen molar-refractivity contribution in [3.05, 3.63) is 0 Å². The van der Waals surface area contributed by atoms with Crippen LogP contribution < -0.4 is 10.6 Å². The molecule has 88 valence electrons. The van der Waals surface area contributed by atoms with Crippen LogP contribution in [0.2, 0.25) is 0 Å². The second kappa shape index (κ2) is 8.95. The first-order valence-corrected chi connectivity index (χ1v) is 8.05. The molecule has 0 spiro atoms. The zero-order valence-electron chi connectivity index (χ0n) is 7.60. The average Bonchev–Trinajstić information content (AvgIpc) is 2.26. The van der Waals surface area contributed by atoms with Crippen LogP contribution in [0.15, 0.2) is 0 Å². The fraction of sp³-hybridized carbons (Fsp3) is 0.714. The van der Waals surface area contributed by atoms with Gasteiger partial charge in [-0.2, -0.15) is 0 Å². The second-order valence-corrected chi connectivity index (χ2v) is 6.01. The summed E-state index contributed by atoms with van der Waals surface area (Å²) in [5.74, 6) is -0.339. The lowest BCUT2D eigenvalue weighted by Gasteiger charge is -2.11. The van der Waals surface area contributed by atoms with Crippen molar-refractivity contribution in [2.75, 3.05) is 17.3 Å². The number of carbonyl (C=O) groups excluding carboxylic acids is 2. The van der Waals surface area contributed by atoms with E-state index >= 15 is 0 Å². The molecule has 0 rings (SSSR count). The lowest BCUT2D eigenvalue weighted by molar-refractivity contribution is -0.121. The molecule has 0 heterocycles. The van der Waals surface area contributed by atoms with Crippen molar-refractivity contribution in [3.8, 4) is 0 Å². The Kier molecular flexibility index (Phi) is 9.46. The molecule has 2 N–H and O–H groups in total. The minimum atomic E-state index is -0.287. The quantitative estimate of drug-likeness (QED) is 0.454. The molecule has 0 saturated heterocycles. The van der Waals surface area contributed by atoms with Gasteiger partial charge in [-0.25, -0.2) is 0 Å². The van der Waals surface area contributed by atoms with Gasteiger partial charge in [-0.1, -0.05) is 63.7 Å². The van der Waals surface area contributed by atoms with Gasteiger partial charge in [0.15, 0.2) is 0 Å². The molecule has 2 unspecified atom stereocenters. The molecule has 4 nitrogen and oxygen atoms in total. The highest BCUT2D eigenvalue weighted by molar-refractivity contribution is 9.12. The van der Waals surface area contributed by atoms with Gasteiger partial charge in [-0.05, 0) is 0 Å². The number of carbonyl (C=O) groups is 2. The summed E-state index contributed by atoms with van der Waals surface area (Å²) in [6.07, 6.45) is 0. The summed E-state index contributed by atoms with van der Waals surface area (Å²) in [6.45, 7) is 0.127. The normalized spacial score (nSPS) is 14.1. The molecule has 2 amide bonds. The molecule has 0 aliphatic rings. The first-order chi connectivity index (χ1) is 7.02. The van der Waals surface area contributed by atoms with Gasteiger partial charge in [0.25, 0.3) is 0 Å². The Balaban J connectivity index is 3.70. The molecule has 0 bridgehead atoms. The lowest BCUT2D eigenvalue weighted by Crippen LogP contribution is -2.43. The summed E-state index contributed by atoms with van der Waals surface area (Å²) < 4.78 is 0. The Bertz CT molecular complexity index is 205. The maximum absolute atomic E-state index is 11.2. The maximum Gasteiger partial charge on any atom is 0.236 e.